The Labute approximate surface area is 160 Å². The molecule has 0 bridgehead atoms. The van der Waals surface area contributed by atoms with Crippen molar-refractivity contribution in [1.82, 2.24) is 14.5 Å². The highest BCUT2D eigenvalue weighted by Gasteiger charge is 2.40. The third-order valence-corrected chi connectivity index (χ3v) is 6.93. The van der Waals surface area contributed by atoms with E-state index in [0.717, 1.165) is 0 Å². The molecule has 27 heavy (non-hydrogen) atoms. The number of piperidine rings is 1. The van der Waals surface area contributed by atoms with Gasteiger partial charge in [-0.2, -0.15) is 8.42 Å². The van der Waals surface area contributed by atoms with Crippen LogP contribution in [0.15, 0.2) is 24.3 Å². The lowest BCUT2D eigenvalue weighted by molar-refractivity contribution is -0.130. The van der Waals surface area contributed by atoms with Gasteiger partial charge in [0, 0.05) is 11.6 Å². The molecule has 14 heteroatoms. The van der Waals surface area contributed by atoms with Gasteiger partial charge < -0.3 is 10.1 Å². The van der Waals surface area contributed by atoms with Crippen LogP contribution in [0.25, 0.3) is 0 Å². The number of nitrogens with one attached hydrogen (secondary N) is 2. The molecule has 0 aliphatic carbocycles. The van der Waals surface area contributed by atoms with Crippen LogP contribution in [0, 0.1) is 0 Å². The van der Waals surface area contributed by atoms with E-state index in [1.165, 1.54) is 4.49 Å². The fraction of sp³-hybridized carbons (Fsp3) is 0.385. The quantitative estimate of drug-likeness (QED) is 0.375. The molecule has 1 aromatic carbocycles. The first-order valence-corrected chi connectivity index (χ1v) is 11.2. The van der Waals surface area contributed by atoms with Gasteiger partial charge in [0.1, 0.15) is 12.6 Å². The molecule has 0 unspecified atom stereocenters. The predicted octanol–water partition coefficient (Wildman–Crippen LogP) is 1.02. The number of amides is 2. The second-order valence-corrected chi connectivity index (χ2v) is 9.54. The van der Waals surface area contributed by atoms with Crippen LogP contribution in [0.3, 0.4) is 0 Å². The van der Waals surface area contributed by atoms with E-state index < -0.39 is 35.9 Å². The molecule has 2 rings (SSSR count). The summed E-state index contributed by atoms with van der Waals surface area (Å²) in [7, 11) is -9.29. The molecule has 1 saturated heterocycles. The van der Waals surface area contributed by atoms with E-state index in [0.29, 0.717) is 21.7 Å². The molecule has 1 fully saturated rings. The molecule has 0 aromatic heterocycles. The van der Waals surface area contributed by atoms with Gasteiger partial charge in [-0.3, -0.25) is 24.1 Å². The Balaban J connectivity index is 1.95. The molecule has 1 heterocycles. The van der Waals surface area contributed by atoms with Crippen molar-refractivity contribution in [2.24, 2.45) is 5.50 Å². The van der Waals surface area contributed by atoms with E-state index in [1.54, 1.807) is 24.3 Å². The van der Waals surface area contributed by atoms with Gasteiger partial charge in [-0.05, 0) is 30.5 Å². The molecule has 0 saturated carbocycles. The average molecular weight is 441 g/mol. The van der Waals surface area contributed by atoms with E-state index in [9.17, 15) is 22.6 Å². The number of alkyl carbamates (subject to hydrolysis) is 1. The van der Waals surface area contributed by atoms with Crippen LogP contribution in [-0.2, 0) is 31.0 Å². The zero-order valence-corrected chi connectivity index (χ0v) is 16.3. The van der Waals surface area contributed by atoms with Crippen molar-refractivity contribution in [2.75, 3.05) is 6.54 Å². The molecule has 150 valence electrons. The minimum atomic E-state index is -4.89. The van der Waals surface area contributed by atoms with E-state index in [1.807, 2.05) is 0 Å². The van der Waals surface area contributed by atoms with Gasteiger partial charge in [-0.1, -0.05) is 23.7 Å². The number of nitrogens with zero attached hydrogens (tertiary/aromatic N) is 1. The second-order valence-electron chi connectivity index (χ2n) is 5.69. The van der Waals surface area contributed by atoms with Gasteiger partial charge in [-0.25, -0.2) is 4.79 Å². The molecule has 0 spiro atoms. The van der Waals surface area contributed by atoms with E-state index >= 15 is 0 Å². The summed E-state index contributed by atoms with van der Waals surface area (Å²) in [5, 5.41) is 2.85. The number of halogens is 1. The Morgan fingerprint density at radius 1 is 1.41 bits per heavy atom. The summed E-state index contributed by atoms with van der Waals surface area (Å²) in [6, 6.07) is 5.48. The second kappa shape index (κ2) is 8.55. The molecule has 1 aliphatic rings. The lowest BCUT2D eigenvalue weighted by Gasteiger charge is -2.35. The van der Waals surface area contributed by atoms with Gasteiger partial charge in [-0.15, -0.1) is 4.49 Å². The number of hydrogen-bond acceptors (Lipinski definition) is 6. The summed E-state index contributed by atoms with van der Waals surface area (Å²) in [6.45, 7) is -0.166. The minimum Gasteiger partial charge on any atom is -0.445 e. The summed E-state index contributed by atoms with van der Waals surface area (Å²) in [4.78, 5) is 24.3. The first-order chi connectivity index (χ1) is 12.5. The zero-order valence-electron chi connectivity index (χ0n) is 13.9. The lowest BCUT2D eigenvalue weighted by atomic mass is 10.1. The van der Waals surface area contributed by atoms with Crippen LogP contribution < -0.4 is 15.3 Å². The van der Waals surface area contributed by atoms with Crippen LogP contribution in [-0.4, -0.2) is 42.2 Å². The zero-order chi connectivity index (χ0) is 20.2. The fourth-order valence-electron chi connectivity index (χ4n) is 2.42. The topological polar surface area (TPSA) is 168 Å². The maximum absolute atomic E-state index is 12.4. The number of carbonyl (C=O) groups is 2. The molecular formula is C13H18ClN4O7PS. The first kappa shape index (κ1) is 21.6. The van der Waals surface area contributed by atoms with E-state index in [2.05, 4.69) is 5.32 Å². The van der Waals surface area contributed by atoms with Gasteiger partial charge in [0.2, 0.25) is 0 Å². The Morgan fingerprint density at radius 3 is 2.63 bits per heavy atom. The standard InChI is InChI=1S/C13H18ClN4O7PS/c14-10-5-3-9(4-6-10)8-25-13(20)16-11-2-1-7-18(12(11)19)26(15,21)17-27(22,23)24/h3-6,11H,1-2,7-8H2,(H,16,20)(H3,15,17,21)(H,22,23,24)/t11-,26-/m0/s1. The van der Waals surface area contributed by atoms with Crippen LogP contribution >= 0.6 is 19.2 Å². The van der Waals surface area contributed by atoms with E-state index in [4.69, 9.17) is 26.4 Å². The van der Waals surface area contributed by atoms with Crippen molar-refractivity contribution in [3.8, 4) is 0 Å². The average Bonchev–Trinajstić information content (AvgIpc) is 2.54. The van der Waals surface area contributed by atoms with Crippen LogP contribution in [0.5, 0.6) is 0 Å². The van der Waals surface area contributed by atoms with Crippen LogP contribution in [0.4, 0.5) is 4.79 Å². The molecule has 1 aromatic rings. The Morgan fingerprint density at radius 2 is 2.04 bits per heavy atom. The summed E-state index contributed by atoms with van der Waals surface area (Å²) in [5.41, 5.74) is 6.04. The summed E-state index contributed by atoms with van der Waals surface area (Å²) >= 11 is 5.76. The number of rotatable bonds is 6. The minimum absolute atomic E-state index is 0.0622. The first-order valence-electron chi connectivity index (χ1n) is 7.62. The summed E-state index contributed by atoms with van der Waals surface area (Å²) < 4.78 is 49.6. The molecule has 11 nitrogen and oxygen atoms in total. The highest BCUT2D eigenvalue weighted by Crippen LogP contribution is 2.40. The van der Waals surface area contributed by atoms with Crippen LogP contribution in [0.1, 0.15) is 18.4 Å². The molecule has 2 amide bonds. The van der Waals surface area contributed by atoms with E-state index in [-0.39, 0.29) is 19.6 Å². The SMILES string of the molecule is N[P@](=O)(NS(=O)(=O)O)N1CCC[C@H](NC(=O)OCc2ccc(Cl)cc2)C1=O. The van der Waals surface area contributed by atoms with Gasteiger partial charge in [0.05, 0.1) is 0 Å². The van der Waals surface area contributed by atoms with Crippen molar-refractivity contribution < 1.29 is 31.9 Å². The summed E-state index contributed by atoms with van der Waals surface area (Å²) in [5.74, 6) is -0.855. The predicted molar refractivity (Wildman–Crippen MR) is 96.0 cm³/mol. The van der Waals surface area contributed by atoms with Crippen molar-refractivity contribution in [1.29, 1.82) is 0 Å². The van der Waals surface area contributed by atoms with Crippen molar-refractivity contribution in [3.63, 3.8) is 0 Å². The van der Waals surface area contributed by atoms with Crippen molar-refractivity contribution in [3.05, 3.63) is 34.9 Å². The molecule has 5 N–H and O–H groups in total. The lowest BCUT2D eigenvalue weighted by Crippen LogP contribution is -2.53. The van der Waals surface area contributed by atoms with Gasteiger partial charge in [0.25, 0.3) is 5.91 Å². The molecular weight excluding hydrogens is 423 g/mol. The highest BCUT2D eigenvalue weighted by atomic mass is 35.5. The maximum Gasteiger partial charge on any atom is 0.408 e. The van der Waals surface area contributed by atoms with Gasteiger partial charge in [0.15, 0.2) is 0 Å². The smallest absolute Gasteiger partial charge is 0.408 e. The van der Waals surface area contributed by atoms with Gasteiger partial charge >= 0.3 is 24.0 Å². The largest absolute Gasteiger partial charge is 0.445 e. The maximum atomic E-state index is 12.4. The number of benzene rings is 1. The third-order valence-electron chi connectivity index (χ3n) is 3.60. The van der Waals surface area contributed by atoms with Crippen LogP contribution in [0.2, 0.25) is 5.02 Å². The number of hydrogen-bond donors (Lipinski definition) is 4. The molecule has 2 atom stereocenters. The van der Waals surface area contributed by atoms with Crippen molar-refractivity contribution >= 4 is 41.5 Å². The number of ether oxygens (including phenoxy) is 1. The number of nitrogens with two attached hydrogens (primary N) is 1. The normalized spacial score (nSPS) is 20.0. The highest BCUT2D eigenvalue weighted by molar-refractivity contribution is 7.90. The Bertz CT molecular complexity index is 864. The third kappa shape index (κ3) is 6.45. The molecule has 1 aliphatic heterocycles. The van der Waals surface area contributed by atoms with Crippen molar-refractivity contribution in [2.45, 2.75) is 25.5 Å². The Hall–Kier alpha value is -1.69. The summed E-state index contributed by atoms with van der Waals surface area (Å²) in [6.07, 6.45) is -0.376. The molecule has 0 radical (unpaired) electrons. The number of carbonyl (C=O) groups excluding carboxylic acids is 2. The monoisotopic (exact) mass is 440 g/mol. The fourth-order valence-corrected chi connectivity index (χ4v) is 5.13. The Kier molecular flexibility index (Phi) is 6.84.